The molecule has 0 bridgehead atoms. The van der Waals surface area contributed by atoms with Crippen LogP contribution in [0.3, 0.4) is 0 Å². The summed E-state index contributed by atoms with van der Waals surface area (Å²) in [6.07, 6.45) is 36.3. The second kappa shape index (κ2) is 56.1. The molecule has 0 fully saturated rings. The molecule has 0 aliphatic carbocycles. The number of hydrogen-bond donors (Lipinski definition) is 3. The van der Waals surface area contributed by atoms with Gasteiger partial charge in [0.2, 0.25) is 0 Å². The Morgan fingerprint density at radius 2 is 0.565 bits per heavy atom. The van der Waals surface area contributed by atoms with Crippen molar-refractivity contribution >= 4 is 39.5 Å². The fourth-order valence-electron chi connectivity index (χ4n) is 9.72. The van der Waals surface area contributed by atoms with Gasteiger partial charge < -0.3 is 33.8 Å². The minimum Gasteiger partial charge on any atom is -0.462 e. The van der Waals surface area contributed by atoms with Gasteiger partial charge in [0, 0.05) is 25.7 Å². The van der Waals surface area contributed by atoms with Crippen LogP contribution in [0, 0.1) is 23.7 Å². The molecule has 4 unspecified atom stereocenters. The number of ether oxygens (including phenoxy) is 4. The highest BCUT2D eigenvalue weighted by atomic mass is 31.2. The maximum absolute atomic E-state index is 13.0. The highest BCUT2D eigenvalue weighted by Gasteiger charge is 2.30. The third-order valence-electron chi connectivity index (χ3n) is 15.8. The lowest BCUT2D eigenvalue weighted by Crippen LogP contribution is -2.30. The van der Waals surface area contributed by atoms with E-state index in [0.717, 1.165) is 114 Å². The first-order chi connectivity index (χ1) is 40.7. The molecule has 17 nitrogen and oxygen atoms in total. The molecule has 7 atom stereocenters. The first kappa shape index (κ1) is 83.1. The summed E-state index contributed by atoms with van der Waals surface area (Å²) in [7, 11) is -9.89. The summed E-state index contributed by atoms with van der Waals surface area (Å²) in [6, 6.07) is 0. The van der Waals surface area contributed by atoms with Crippen molar-refractivity contribution in [3.05, 3.63) is 0 Å². The third-order valence-corrected chi connectivity index (χ3v) is 17.7. The van der Waals surface area contributed by atoms with Crippen LogP contribution in [0.15, 0.2) is 0 Å². The van der Waals surface area contributed by atoms with Crippen LogP contribution < -0.4 is 0 Å². The van der Waals surface area contributed by atoms with Gasteiger partial charge in [-0.3, -0.25) is 37.3 Å². The monoisotopic (exact) mass is 1250 g/mol. The number of carbonyl (C=O) groups excluding carboxylic acids is 4. The molecule has 504 valence electrons. The minimum atomic E-state index is -4.95. The minimum absolute atomic E-state index is 0.101. The molecule has 0 saturated heterocycles. The van der Waals surface area contributed by atoms with E-state index < -0.39 is 97.5 Å². The highest BCUT2D eigenvalue weighted by Crippen LogP contribution is 2.45. The Morgan fingerprint density at radius 1 is 0.329 bits per heavy atom. The molecule has 3 N–H and O–H groups in total. The van der Waals surface area contributed by atoms with Crippen LogP contribution in [0.4, 0.5) is 0 Å². The van der Waals surface area contributed by atoms with Gasteiger partial charge in [0.15, 0.2) is 12.2 Å². The molecule has 19 heteroatoms. The number of aliphatic hydroxyl groups is 1. The number of aliphatic hydroxyl groups excluding tert-OH is 1. The molecule has 0 aromatic carbocycles. The molecule has 85 heavy (non-hydrogen) atoms. The molecular formula is C66H128O17P2. The van der Waals surface area contributed by atoms with E-state index in [9.17, 15) is 43.2 Å². The van der Waals surface area contributed by atoms with Gasteiger partial charge >= 0.3 is 39.5 Å². The predicted molar refractivity (Wildman–Crippen MR) is 340 cm³/mol. The zero-order chi connectivity index (χ0) is 63.2. The van der Waals surface area contributed by atoms with E-state index in [1.54, 1.807) is 0 Å². The van der Waals surface area contributed by atoms with E-state index in [-0.39, 0.29) is 25.7 Å². The fraction of sp³-hybridized carbons (Fsp3) is 0.939. The maximum Gasteiger partial charge on any atom is 0.472 e. The summed E-state index contributed by atoms with van der Waals surface area (Å²) >= 11 is 0. The Hall–Kier alpha value is -1.94. The van der Waals surface area contributed by atoms with Crippen molar-refractivity contribution in [2.75, 3.05) is 39.6 Å². The van der Waals surface area contributed by atoms with Gasteiger partial charge in [-0.2, -0.15) is 0 Å². The molecule has 0 radical (unpaired) electrons. The summed E-state index contributed by atoms with van der Waals surface area (Å²) in [4.78, 5) is 72.3. The standard InChI is InChI=1S/C66H128O17P2/c1-9-58(7)44-36-28-19-15-11-12-16-21-32-40-48-65(70)82-61(52-76-63(68)46-38-30-20-17-13-14-18-26-34-42-56(3)4)54-80-84(72,73)78-50-60(67)51-79-85(74,75)81-55-62(53-77-64(69)47-39-31-24-22-27-35-43-57(5)6)83-66(71)49-41-33-25-23-29-37-45-59(8)10-2/h56-62,67H,9-55H2,1-8H3,(H,72,73)(H,74,75)/t58?,59?,60-,61-,62-/m1/s1. The van der Waals surface area contributed by atoms with E-state index in [0.29, 0.717) is 31.6 Å². The molecule has 0 aromatic rings. The van der Waals surface area contributed by atoms with E-state index in [2.05, 4.69) is 55.4 Å². The van der Waals surface area contributed by atoms with Crippen LogP contribution in [0.5, 0.6) is 0 Å². The Balaban J connectivity index is 5.26. The average molecular weight is 1260 g/mol. The second-order valence-electron chi connectivity index (χ2n) is 25.3. The van der Waals surface area contributed by atoms with Gasteiger partial charge in [-0.1, -0.05) is 267 Å². The van der Waals surface area contributed by atoms with E-state index >= 15 is 0 Å². The van der Waals surface area contributed by atoms with E-state index in [1.165, 1.54) is 116 Å². The Bertz CT molecular complexity index is 1700. The lowest BCUT2D eigenvalue weighted by Gasteiger charge is -2.21. The quantitative estimate of drug-likeness (QED) is 0.0222. The number of esters is 4. The first-order valence-electron chi connectivity index (χ1n) is 34.3. The third kappa shape index (κ3) is 58.2. The molecule has 0 spiro atoms. The van der Waals surface area contributed by atoms with Crippen molar-refractivity contribution in [1.82, 2.24) is 0 Å². The van der Waals surface area contributed by atoms with E-state index in [1.807, 2.05) is 0 Å². The van der Waals surface area contributed by atoms with Crippen LogP contribution in [0.1, 0.15) is 319 Å². The van der Waals surface area contributed by atoms with Crippen molar-refractivity contribution in [3.8, 4) is 0 Å². The Kier molecular flexibility index (Phi) is 54.8. The average Bonchev–Trinajstić information content (AvgIpc) is 3.46. The molecule has 0 aliphatic heterocycles. The van der Waals surface area contributed by atoms with Crippen molar-refractivity contribution in [3.63, 3.8) is 0 Å². The summed E-state index contributed by atoms with van der Waals surface area (Å²) < 4.78 is 68.1. The van der Waals surface area contributed by atoms with Crippen molar-refractivity contribution in [2.45, 2.75) is 337 Å². The summed E-state index contributed by atoms with van der Waals surface area (Å²) in [5, 5.41) is 10.5. The van der Waals surface area contributed by atoms with Gasteiger partial charge in [-0.15, -0.1) is 0 Å². The highest BCUT2D eigenvalue weighted by molar-refractivity contribution is 7.47. The number of hydrogen-bond acceptors (Lipinski definition) is 15. The fourth-order valence-corrected chi connectivity index (χ4v) is 11.3. The molecule has 0 saturated carbocycles. The SMILES string of the molecule is CCC(C)CCCCCCCCCCCCC(=O)O[C@H](COC(=O)CCCCCCCCCCCC(C)C)COP(=O)(O)OC[C@@H](O)COP(=O)(O)OC[C@@H](COC(=O)CCCCCCCCC(C)C)OC(=O)CCCCCCCCC(C)CC. The number of carbonyl (C=O) groups is 4. The summed E-state index contributed by atoms with van der Waals surface area (Å²) in [5.74, 6) is 0.807. The Labute approximate surface area is 517 Å². The van der Waals surface area contributed by atoms with Gasteiger partial charge in [0.1, 0.15) is 19.3 Å². The molecule has 0 amide bonds. The summed E-state index contributed by atoms with van der Waals surface area (Å²) in [5.41, 5.74) is 0. The largest absolute Gasteiger partial charge is 0.472 e. The normalized spacial score (nSPS) is 15.0. The van der Waals surface area contributed by atoms with Crippen LogP contribution >= 0.6 is 15.6 Å². The second-order valence-corrected chi connectivity index (χ2v) is 28.2. The molecule has 0 aromatic heterocycles. The van der Waals surface area contributed by atoms with Gasteiger partial charge in [0.25, 0.3) is 0 Å². The molecule has 0 aliphatic rings. The van der Waals surface area contributed by atoms with Crippen LogP contribution in [0.2, 0.25) is 0 Å². The number of unbranched alkanes of at least 4 members (excludes halogenated alkanes) is 27. The topological polar surface area (TPSA) is 237 Å². The van der Waals surface area contributed by atoms with Crippen LogP contribution in [0.25, 0.3) is 0 Å². The predicted octanol–water partition coefficient (Wildman–Crippen LogP) is 18.1. The van der Waals surface area contributed by atoms with Crippen molar-refractivity contribution in [2.24, 2.45) is 23.7 Å². The number of phosphoric ester groups is 2. The van der Waals surface area contributed by atoms with Crippen LogP contribution in [-0.2, 0) is 65.4 Å². The van der Waals surface area contributed by atoms with Gasteiger partial charge in [0.05, 0.1) is 26.4 Å². The molecule has 0 heterocycles. The van der Waals surface area contributed by atoms with Crippen molar-refractivity contribution in [1.29, 1.82) is 0 Å². The maximum atomic E-state index is 13.0. The van der Waals surface area contributed by atoms with E-state index in [4.69, 9.17) is 37.0 Å². The smallest absolute Gasteiger partial charge is 0.462 e. The lowest BCUT2D eigenvalue weighted by atomic mass is 9.99. The van der Waals surface area contributed by atoms with Crippen LogP contribution in [-0.4, -0.2) is 96.7 Å². The lowest BCUT2D eigenvalue weighted by molar-refractivity contribution is -0.161. The first-order valence-corrected chi connectivity index (χ1v) is 37.3. The number of phosphoric acid groups is 2. The molecule has 0 rings (SSSR count). The van der Waals surface area contributed by atoms with Crippen molar-refractivity contribution < 1.29 is 80.2 Å². The Morgan fingerprint density at radius 3 is 0.835 bits per heavy atom. The molecular weight excluding hydrogens is 1130 g/mol. The zero-order valence-electron chi connectivity index (χ0n) is 55.2. The van der Waals surface area contributed by atoms with Gasteiger partial charge in [-0.05, 0) is 49.4 Å². The van der Waals surface area contributed by atoms with Gasteiger partial charge in [-0.25, -0.2) is 9.13 Å². The summed E-state index contributed by atoms with van der Waals surface area (Å²) in [6.45, 7) is 14.0. The zero-order valence-corrected chi connectivity index (χ0v) is 57.0. The number of rotatable bonds is 63.